The van der Waals surface area contributed by atoms with Crippen molar-refractivity contribution in [2.45, 2.75) is 103 Å². The van der Waals surface area contributed by atoms with Crippen molar-refractivity contribution in [3.8, 4) is 11.4 Å². The smallest absolute Gasteiger partial charge is 0.307 e. The van der Waals surface area contributed by atoms with E-state index in [4.69, 9.17) is 26.2 Å². The second-order valence-electron chi connectivity index (χ2n) is 10.4. The molecule has 3 rings (SSSR count). The van der Waals surface area contributed by atoms with Gasteiger partial charge in [-0.25, -0.2) is 0 Å². The molecule has 3 aromatic rings. The fourth-order valence-corrected chi connectivity index (χ4v) is 4.83. The van der Waals surface area contributed by atoms with E-state index < -0.39 is 0 Å². The van der Waals surface area contributed by atoms with Crippen LogP contribution in [0.25, 0.3) is 17.0 Å². The number of benzene rings is 1. The van der Waals surface area contributed by atoms with Crippen LogP contribution in [-0.2, 0) is 14.3 Å². The number of halogens is 1. The van der Waals surface area contributed by atoms with Crippen LogP contribution in [0.15, 0.2) is 24.3 Å². The van der Waals surface area contributed by atoms with Gasteiger partial charge in [0.25, 0.3) is 0 Å². The molecule has 3 N–H and O–H groups in total. The fraction of sp³-hybridized carbons (Fsp3) is 0.633. The lowest BCUT2D eigenvalue weighted by Crippen LogP contribution is -2.12. The molecule has 0 aliphatic heterocycles. The number of aromatic nitrogens is 4. The minimum Gasteiger partial charge on any atom is -0.438 e. The number of aryl methyl sites for hydroxylation is 1. The molecule has 0 bridgehead atoms. The molecule has 2 heterocycles. The van der Waals surface area contributed by atoms with Gasteiger partial charge in [0.1, 0.15) is 11.8 Å². The highest BCUT2D eigenvalue weighted by Crippen LogP contribution is 2.24. The van der Waals surface area contributed by atoms with Gasteiger partial charge in [-0.1, -0.05) is 101 Å². The number of H-pyrrole nitrogens is 1. The normalized spacial score (nSPS) is 11.4. The minimum atomic E-state index is -0.213. The van der Waals surface area contributed by atoms with Gasteiger partial charge in [-0.15, -0.1) is 9.73 Å². The summed E-state index contributed by atoms with van der Waals surface area (Å²) in [7, 11) is 0. The topological polar surface area (TPSA) is 114 Å². The second kappa shape index (κ2) is 18.7. The number of aromatic amines is 1. The van der Waals surface area contributed by atoms with Crippen molar-refractivity contribution in [1.29, 1.82) is 0 Å². The molecule has 0 unspecified atom stereocenters. The van der Waals surface area contributed by atoms with Crippen LogP contribution in [0.5, 0.6) is 0 Å². The number of rotatable bonds is 22. The van der Waals surface area contributed by atoms with Crippen LogP contribution in [0.1, 0.15) is 102 Å². The molecule has 0 amide bonds. The van der Waals surface area contributed by atoms with Crippen molar-refractivity contribution in [1.82, 2.24) is 19.8 Å². The van der Waals surface area contributed by atoms with Crippen molar-refractivity contribution in [2.75, 3.05) is 25.4 Å². The van der Waals surface area contributed by atoms with Crippen LogP contribution in [-0.4, -0.2) is 51.0 Å². The summed E-state index contributed by atoms with van der Waals surface area (Å²) < 4.78 is 12.1. The Morgan fingerprint density at radius 1 is 0.950 bits per heavy atom. The van der Waals surface area contributed by atoms with Gasteiger partial charge < -0.3 is 24.9 Å². The molecule has 40 heavy (non-hydrogen) atoms. The van der Waals surface area contributed by atoms with E-state index in [0.29, 0.717) is 29.5 Å². The quantitative estimate of drug-likeness (QED) is 0.0648. The van der Waals surface area contributed by atoms with Crippen LogP contribution in [0.3, 0.4) is 0 Å². The zero-order valence-corrected chi connectivity index (χ0v) is 24.7. The van der Waals surface area contributed by atoms with Crippen LogP contribution in [0.4, 0.5) is 5.69 Å². The number of nitrogens with one attached hydrogen (secondary N) is 2. The third-order valence-corrected chi connectivity index (χ3v) is 7.46. The lowest BCUT2D eigenvalue weighted by molar-refractivity contribution is -0.155. The third-order valence-electron chi connectivity index (χ3n) is 7.01. The lowest BCUT2D eigenvalue weighted by atomic mass is 10.0. The molecule has 0 saturated heterocycles. The first-order valence-corrected chi connectivity index (χ1v) is 15.3. The van der Waals surface area contributed by atoms with E-state index in [9.17, 15) is 4.79 Å². The number of hydrogen-bond donors (Lipinski definition) is 3. The molecular weight excluding hydrogens is 530 g/mol. The number of esters is 1. The second-order valence-corrected chi connectivity index (χ2v) is 10.8. The number of fused-ring (bicyclic) bond motifs is 1. The number of carbonyl (C=O) groups is 1. The molecule has 0 spiro atoms. The van der Waals surface area contributed by atoms with Gasteiger partial charge in [-0.2, -0.15) is 5.10 Å². The highest BCUT2D eigenvalue weighted by molar-refractivity contribution is 6.34. The Bertz CT molecular complexity index is 1130. The Balaban J connectivity index is 1.14. The van der Waals surface area contributed by atoms with E-state index in [-0.39, 0.29) is 19.5 Å². The Labute approximate surface area is 243 Å². The molecule has 0 saturated carbocycles. The van der Waals surface area contributed by atoms with Gasteiger partial charge in [0.15, 0.2) is 18.3 Å². The largest absolute Gasteiger partial charge is 0.438 e. The highest BCUT2D eigenvalue weighted by Gasteiger charge is 2.13. The molecule has 222 valence electrons. The summed E-state index contributed by atoms with van der Waals surface area (Å²) in [6.45, 7) is 2.32. The first kappa shape index (κ1) is 31.9. The Hall–Kier alpha value is -2.62. The first-order chi connectivity index (χ1) is 19.6. The predicted molar refractivity (Wildman–Crippen MR) is 159 cm³/mol. The minimum absolute atomic E-state index is 0.0680. The van der Waals surface area contributed by atoms with Crippen molar-refractivity contribution in [2.24, 2.45) is 0 Å². The molecule has 2 aromatic heterocycles. The maximum atomic E-state index is 11.9. The van der Waals surface area contributed by atoms with Gasteiger partial charge in [-0.3, -0.25) is 4.79 Å². The molecule has 0 aliphatic carbocycles. The molecule has 0 fully saturated rings. The molecule has 0 atom stereocenters. The average molecular weight is 576 g/mol. The van der Waals surface area contributed by atoms with E-state index in [1.165, 1.54) is 68.8 Å². The number of aliphatic hydroxyl groups is 1. The molecule has 0 radical (unpaired) electrons. The van der Waals surface area contributed by atoms with Gasteiger partial charge in [0.2, 0.25) is 0 Å². The maximum absolute atomic E-state index is 11.9. The first-order valence-electron chi connectivity index (χ1n) is 14.9. The Morgan fingerprint density at radius 3 is 2.20 bits per heavy atom. The molecule has 9 nitrogen and oxygen atoms in total. The number of hydrogen-bond acceptors (Lipinski definition) is 7. The monoisotopic (exact) mass is 575 g/mol. The van der Waals surface area contributed by atoms with Crippen molar-refractivity contribution < 1.29 is 19.4 Å². The number of nitrogens with zero attached hydrogens (tertiary/aromatic N) is 3. The zero-order valence-electron chi connectivity index (χ0n) is 23.9. The van der Waals surface area contributed by atoms with Crippen LogP contribution in [0, 0.1) is 6.92 Å². The Morgan fingerprint density at radius 2 is 1.57 bits per heavy atom. The van der Waals surface area contributed by atoms with E-state index >= 15 is 0 Å². The SMILES string of the molecule is Cc1nn2nc(-c3cccc(NCOCOC(=O)CCCCCCCCCCCCCCCCO)c3)[nH]c2c1Cl. The lowest BCUT2D eigenvalue weighted by Gasteiger charge is -2.09. The fourth-order valence-electron chi connectivity index (χ4n) is 4.67. The highest BCUT2D eigenvalue weighted by atomic mass is 35.5. The van der Waals surface area contributed by atoms with E-state index in [0.717, 1.165) is 42.6 Å². The van der Waals surface area contributed by atoms with Gasteiger partial charge in [-0.05, 0) is 31.9 Å². The number of ether oxygens (including phenoxy) is 2. The summed E-state index contributed by atoms with van der Waals surface area (Å²) in [5, 5.41) is 21.2. The van der Waals surface area contributed by atoms with Crippen molar-refractivity contribution in [3.63, 3.8) is 0 Å². The summed E-state index contributed by atoms with van der Waals surface area (Å²) in [4.78, 5) is 15.1. The van der Waals surface area contributed by atoms with Crippen LogP contribution in [0.2, 0.25) is 5.02 Å². The van der Waals surface area contributed by atoms with E-state index in [1.54, 1.807) is 0 Å². The summed E-state index contributed by atoms with van der Waals surface area (Å²) in [5.41, 5.74) is 3.13. The molecule has 0 aliphatic rings. The number of unbranched alkanes of at least 4 members (excludes halogenated alkanes) is 13. The average Bonchev–Trinajstić information content (AvgIpc) is 3.49. The molecule has 1 aromatic carbocycles. The molecular formula is C30H46ClN5O4. The van der Waals surface area contributed by atoms with E-state index in [2.05, 4.69) is 20.5 Å². The summed E-state index contributed by atoms with van der Waals surface area (Å²) in [6, 6.07) is 7.73. The van der Waals surface area contributed by atoms with Gasteiger partial charge >= 0.3 is 5.97 Å². The Kier molecular flexibility index (Phi) is 14.9. The van der Waals surface area contributed by atoms with Crippen LogP contribution < -0.4 is 5.32 Å². The number of carbonyl (C=O) groups excluding carboxylic acids is 1. The van der Waals surface area contributed by atoms with Gasteiger partial charge in [0.05, 0.1) is 5.69 Å². The maximum Gasteiger partial charge on any atom is 0.307 e. The van der Waals surface area contributed by atoms with Crippen molar-refractivity contribution in [3.05, 3.63) is 35.0 Å². The van der Waals surface area contributed by atoms with E-state index in [1.807, 2.05) is 31.2 Å². The van der Waals surface area contributed by atoms with Crippen LogP contribution >= 0.6 is 11.6 Å². The number of anilines is 1. The summed E-state index contributed by atoms with van der Waals surface area (Å²) in [6.07, 6.45) is 17.4. The zero-order chi connectivity index (χ0) is 28.4. The van der Waals surface area contributed by atoms with Gasteiger partial charge in [0, 0.05) is 24.3 Å². The number of aliphatic hydroxyl groups excluding tert-OH is 1. The predicted octanol–water partition coefficient (Wildman–Crippen LogP) is 7.42. The summed E-state index contributed by atoms with van der Waals surface area (Å²) in [5.74, 6) is 0.450. The third kappa shape index (κ3) is 11.5. The summed E-state index contributed by atoms with van der Waals surface area (Å²) >= 11 is 6.26. The molecule has 10 heteroatoms. The standard InChI is InChI=1S/C30H46ClN5O4/c1-24-28(31)30-33-29(35-36(30)34-24)25-17-16-18-26(21-25)32-22-39-23-40-27(38)19-14-12-10-8-6-4-2-3-5-7-9-11-13-15-20-37/h16-18,21,32,37H,2-15,19-20,22-23H2,1H3,(H,33,35). The van der Waals surface area contributed by atoms with Crippen molar-refractivity contribution >= 4 is 28.9 Å².